The third-order valence-electron chi connectivity index (χ3n) is 6.69. The summed E-state index contributed by atoms with van der Waals surface area (Å²) in [4.78, 5) is 36.2. The van der Waals surface area contributed by atoms with Crippen LogP contribution in [0.25, 0.3) is 11.3 Å². The Bertz CT molecular complexity index is 1330. The minimum absolute atomic E-state index is 0.187. The van der Waals surface area contributed by atoms with Crippen molar-refractivity contribution in [1.82, 2.24) is 20.2 Å². The minimum Gasteiger partial charge on any atom is -0.394 e. The average Bonchev–Trinajstić information content (AvgIpc) is 3.23. The molecule has 0 bridgehead atoms. The lowest BCUT2D eigenvalue weighted by Crippen LogP contribution is -2.40. The van der Waals surface area contributed by atoms with Crippen LogP contribution in [0.2, 0.25) is 5.02 Å². The van der Waals surface area contributed by atoms with E-state index in [4.69, 9.17) is 16.3 Å². The molecule has 2 aromatic carbocycles. The number of carbonyl (C=O) groups excluding carboxylic acids is 2. The molecule has 3 aromatic rings. The second kappa shape index (κ2) is 11.4. The number of hydrogen-bond acceptors (Lipinski definition) is 7. The van der Waals surface area contributed by atoms with Crippen molar-refractivity contribution in [2.45, 2.75) is 31.5 Å². The molecule has 2 aliphatic heterocycles. The van der Waals surface area contributed by atoms with Gasteiger partial charge in [-0.2, -0.15) is 0 Å². The average molecular weight is 540 g/mol. The molecule has 0 spiro atoms. The summed E-state index contributed by atoms with van der Waals surface area (Å²) < 4.78 is 18.6. The molecule has 1 fully saturated rings. The van der Waals surface area contributed by atoms with Gasteiger partial charge >= 0.3 is 0 Å². The quantitative estimate of drug-likeness (QED) is 0.402. The molecule has 1 saturated heterocycles. The molecule has 2 aliphatic rings. The molecule has 5 rings (SSSR count). The van der Waals surface area contributed by atoms with E-state index in [0.29, 0.717) is 46.6 Å². The van der Waals surface area contributed by atoms with Crippen molar-refractivity contribution < 1.29 is 23.8 Å². The Labute approximate surface area is 224 Å². The van der Waals surface area contributed by atoms with E-state index in [1.54, 1.807) is 6.07 Å². The number of aliphatic hydroxyl groups excluding tert-OH is 1. The molecule has 198 valence electrons. The van der Waals surface area contributed by atoms with Gasteiger partial charge in [0.2, 0.25) is 11.9 Å². The normalized spacial score (nSPS) is 16.3. The van der Waals surface area contributed by atoms with Gasteiger partial charge in [0, 0.05) is 36.9 Å². The number of aliphatic hydroxyl groups is 1. The summed E-state index contributed by atoms with van der Waals surface area (Å²) in [6.45, 7) is 1.10. The van der Waals surface area contributed by atoms with Gasteiger partial charge in [-0.15, -0.1) is 0 Å². The van der Waals surface area contributed by atoms with Crippen molar-refractivity contribution in [1.29, 1.82) is 0 Å². The summed E-state index contributed by atoms with van der Waals surface area (Å²) in [5.41, 5.74) is 3.00. The molecule has 1 unspecified atom stereocenters. The lowest BCUT2D eigenvalue weighted by Gasteiger charge is -2.23. The van der Waals surface area contributed by atoms with Crippen LogP contribution < -0.4 is 10.6 Å². The maximum absolute atomic E-state index is 13.2. The summed E-state index contributed by atoms with van der Waals surface area (Å²) in [6.07, 6.45) is 3.26. The maximum Gasteiger partial charge on any atom is 0.254 e. The van der Waals surface area contributed by atoms with Crippen molar-refractivity contribution in [3.05, 3.63) is 76.2 Å². The number of ether oxygens (including phenoxy) is 1. The lowest BCUT2D eigenvalue weighted by molar-refractivity contribution is -0.122. The van der Waals surface area contributed by atoms with Crippen LogP contribution >= 0.6 is 11.6 Å². The number of anilines is 1. The number of nitrogens with one attached hydrogen (secondary N) is 2. The first kappa shape index (κ1) is 26.0. The fourth-order valence-corrected chi connectivity index (χ4v) is 4.84. The van der Waals surface area contributed by atoms with E-state index < -0.39 is 17.8 Å². The van der Waals surface area contributed by atoms with Gasteiger partial charge in [-0.3, -0.25) is 9.59 Å². The van der Waals surface area contributed by atoms with E-state index in [0.717, 1.165) is 18.4 Å². The smallest absolute Gasteiger partial charge is 0.254 e. The van der Waals surface area contributed by atoms with Gasteiger partial charge in [0.15, 0.2) is 0 Å². The zero-order valence-corrected chi connectivity index (χ0v) is 21.2. The molecule has 0 aliphatic carbocycles. The standard InChI is InChI=1S/C27H27ClFN5O4/c28-22-12-30-27(31-20-7-9-38-10-8-20)33-25(22)17-1-2-18-13-34(26(37)21(18)11-17)14-24(36)32-23(15-35)16-3-5-19(29)6-4-16/h1-6,11-12,20,23,35H,7-10,13-15H2,(H,32,36)(H,30,31,33). The Kier molecular flexibility index (Phi) is 7.82. The van der Waals surface area contributed by atoms with E-state index in [1.807, 2.05) is 12.1 Å². The van der Waals surface area contributed by atoms with Crippen molar-refractivity contribution >= 4 is 29.4 Å². The SMILES string of the molecule is O=C(CN1Cc2ccc(-c3nc(NC4CCOCC4)ncc3Cl)cc2C1=O)NC(CO)c1ccc(F)cc1. The van der Waals surface area contributed by atoms with Crippen LogP contribution in [-0.4, -0.2) is 64.2 Å². The van der Waals surface area contributed by atoms with E-state index in [1.165, 1.54) is 35.4 Å². The van der Waals surface area contributed by atoms with Crippen molar-refractivity contribution in [3.8, 4) is 11.3 Å². The van der Waals surface area contributed by atoms with E-state index in [2.05, 4.69) is 20.6 Å². The van der Waals surface area contributed by atoms with Crippen molar-refractivity contribution in [2.75, 3.05) is 31.7 Å². The number of aromatic nitrogens is 2. The topological polar surface area (TPSA) is 117 Å². The molecule has 3 heterocycles. The summed E-state index contributed by atoms with van der Waals surface area (Å²) in [5, 5.41) is 16.1. The number of amides is 2. The number of benzene rings is 2. The fourth-order valence-electron chi connectivity index (χ4n) is 4.64. The van der Waals surface area contributed by atoms with Crippen LogP contribution in [0.5, 0.6) is 0 Å². The summed E-state index contributed by atoms with van der Waals surface area (Å²) in [6, 6.07) is 10.4. The highest BCUT2D eigenvalue weighted by Crippen LogP contribution is 2.31. The van der Waals surface area contributed by atoms with Crippen LogP contribution in [0, 0.1) is 5.82 Å². The van der Waals surface area contributed by atoms with Gasteiger partial charge in [-0.05, 0) is 42.2 Å². The highest BCUT2D eigenvalue weighted by Gasteiger charge is 2.30. The highest BCUT2D eigenvalue weighted by molar-refractivity contribution is 6.33. The number of rotatable bonds is 8. The zero-order valence-electron chi connectivity index (χ0n) is 20.5. The number of halogens is 2. The molecule has 11 heteroatoms. The monoisotopic (exact) mass is 539 g/mol. The van der Waals surface area contributed by atoms with Gasteiger partial charge in [0.1, 0.15) is 12.4 Å². The van der Waals surface area contributed by atoms with E-state index in [9.17, 15) is 19.1 Å². The van der Waals surface area contributed by atoms with E-state index in [-0.39, 0.29) is 31.6 Å². The third-order valence-corrected chi connectivity index (χ3v) is 6.96. The molecular formula is C27H27ClFN5O4. The fraction of sp³-hybridized carbons (Fsp3) is 0.333. The molecule has 1 atom stereocenters. The zero-order chi connectivity index (χ0) is 26.6. The molecular weight excluding hydrogens is 513 g/mol. The number of hydrogen-bond donors (Lipinski definition) is 3. The predicted molar refractivity (Wildman–Crippen MR) is 139 cm³/mol. The highest BCUT2D eigenvalue weighted by atomic mass is 35.5. The summed E-state index contributed by atoms with van der Waals surface area (Å²) in [5.74, 6) is -0.671. The second-order valence-electron chi connectivity index (χ2n) is 9.31. The van der Waals surface area contributed by atoms with Crippen molar-refractivity contribution in [2.24, 2.45) is 0 Å². The minimum atomic E-state index is -0.710. The van der Waals surface area contributed by atoms with Gasteiger partial charge in [-0.1, -0.05) is 35.9 Å². The van der Waals surface area contributed by atoms with Crippen LogP contribution in [-0.2, 0) is 16.1 Å². The van der Waals surface area contributed by atoms with Crippen LogP contribution in [0.1, 0.15) is 40.4 Å². The first-order valence-electron chi connectivity index (χ1n) is 12.4. The first-order chi connectivity index (χ1) is 18.4. The molecule has 9 nitrogen and oxygen atoms in total. The van der Waals surface area contributed by atoms with E-state index >= 15 is 0 Å². The molecule has 2 amide bonds. The largest absolute Gasteiger partial charge is 0.394 e. The first-order valence-corrected chi connectivity index (χ1v) is 12.7. The maximum atomic E-state index is 13.2. The van der Waals surface area contributed by atoms with Gasteiger partial charge in [0.05, 0.1) is 29.6 Å². The molecule has 3 N–H and O–H groups in total. The predicted octanol–water partition coefficient (Wildman–Crippen LogP) is 3.33. The Morgan fingerprint density at radius 2 is 1.97 bits per heavy atom. The second-order valence-corrected chi connectivity index (χ2v) is 9.72. The summed E-state index contributed by atoms with van der Waals surface area (Å²) >= 11 is 6.42. The van der Waals surface area contributed by atoms with Crippen LogP contribution in [0.3, 0.4) is 0 Å². The van der Waals surface area contributed by atoms with Gasteiger partial charge < -0.3 is 25.4 Å². The Morgan fingerprint density at radius 3 is 2.71 bits per heavy atom. The molecule has 1 aromatic heterocycles. The third kappa shape index (κ3) is 5.77. The summed E-state index contributed by atoms with van der Waals surface area (Å²) in [7, 11) is 0. The molecule has 0 radical (unpaired) electrons. The van der Waals surface area contributed by atoms with Crippen molar-refractivity contribution in [3.63, 3.8) is 0 Å². The molecule has 0 saturated carbocycles. The number of carbonyl (C=O) groups is 2. The Morgan fingerprint density at radius 1 is 1.21 bits per heavy atom. The van der Waals surface area contributed by atoms with Gasteiger partial charge in [0.25, 0.3) is 5.91 Å². The number of nitrogens with zero attached hydrogens (tertiary/aromatic N) is 3. The Hall–Kier alpha value is -3.60. The Balaban J connectivity index is 1.27. The van der Waals surface area contributed by atoms with Crippen LogP contribution in [0.15, 0.2) is 48.7 Å². The number of fused-ring (bicyclic) bond motifs is 1. The van der Waals surface area contributed by atoms with Crippen LogP contribution in [0.4, 0.5) is 10.3 Å². The molecule has 38 heavy (non-hydrogen) atoms. The van der Waals surface area contributed by atoms with Gasteiger partial charge in [-0.25, -0.2) is 14.4 Å². The lowest BCUT2D eigenvalue weighted by atomic mass is 10.0.